The minimum atomic E-state index is -2.21. The molecule has 0 aliphatic rings. The number of esters is 1. The molecule has 1 atom stereocenters. The topological polar surface area (TPSA) is 125 Å². The first-order valence-corrected chi connectivity index (χ1v) is 6.78. The zero-order valence-corrected chi connectivity index (χ0v) is 10.9. The second-order valence-corrected chi connectivity index (χ2v) is 4.52. The van der Waals surface area contributed by atoms with Crippen LogP contribution in [-0.4, -0.2) is 52.6 Å². The maximum atomic E-state index is 11.0. The summed E-state index contributed by atoms with van der Waals surface area (Å²) in [6, 6.07) is 0. The quantitative estimate of drug-likeness (QED) is 0.273. The number of ether oxygens (including phenoxy) is 2. The standard InChI is InChI=1S/C9H18NO7P/c1-2-3-8(12)16-6-17-9(13)10-4-7(11)5-18(14)15/h7,11,14-15H,2-6H2,1H3,(H,10,13)/t7-/m0/s1. The number of carbonyl (C=O) groups excluding carboxylic acids is 2. The van der Waals surface area contributed by atoms with Crippen molar-refractivity contribution in [2.45, 2.75) is 25.9 Å². The van der Waals surface area contributed by atoms with Crippen LogP contribution in [-0.2, 0) is 14.3 Å². The van der Waals surface area contributed by atoms with Crippen LogP contribution in [0.15, 0.2) is 0 Å². The number of hydrogen-bond acceptors (Lipinski definition) is 7. The van der Waals surface area contributed by atoms with E-state index >= 15 is 0 Å². The summed E-state index contributed by atoms with van der Waals surface area (Å²) < 4.78 is 9.05. The first-order chi connectivity index (χ1) is 8.45. The molecule has 0 aromatic carbocycles. The molecule has 0 saturated heterocycles. The number of nitrogens with one attached hydrogen (secondary N) is 1. The third kappa shape index (κ3) is 10.2. The molecule has 9 heteroatoms. The fraction of sp³-hybridized carbons (Fsp3) is 0.778. The Morgan fingerprint density at radius 3 is 2.56 bits per heavy atom. The zero-order valence-electron chi connectivity index (χ0n) is 10.0. The van der Waals surface area contributed by atoms with Gasteiger partial charge in [-0.3, -0.25) is 4.79 Å². The number of amides is 1. The van der Waals surface area contributed by atoms with Crippen LogP contribution in [0.5, 0.6) is 0 Å². The third-order valence-corrected chi connectivity index (χ3v) is 2.47. The molecule has 106 valence electrons. The summed E-state index contributed by atoms with van der Waals surface area (Å²) in [5.41, 5.74) is 0. The maximum Gasteiger partial charge on any atom is 0.410 e. The fourth-order valence-corrected chi connectivity index (χ4v) is 1.44. The maximum absolute atomic E-state index is 11.0. The predicted molar refractivity (Wildman–Crippen MR) is 62.6 cm³/mol. The molecule has 0 aromatic heterocycles. The molecule has 0 radical (unpaired) electrons. The average Bonchev–Trinajstić information content (AvgIpc) is 2.26. The first-order valence-electron chi connectivity index (χ1n) is 5.35. The van der Waals surface area contributed by atoms with Crippen molar-refractivity contribution in [3.05, 3.63) is 0 Å². The first kappa shape index (κ1) is 17.1. The second kappa shape index (κ2) is 10.0. The predicted octanol–water partition coefficient (Wildman–Crippen LogP) is -0.329. The molecule has 1 amide bonds. The van der Waals surface area contributed by atoms with Gasteiger partial charge in [-0.25, -0.2) is 4.79 Å². The molecule has 0 aliphatic carbocycles. The van der Waals surface area contributed by atoms with Crippen molar-refractivity contribution in [1.82, 2.24) is 5.32 Å². The lowest BCUT2D eigenvalue weighted by atomic mass is 10.3. The molecule has 0 unspecified atom stereocenters. The molecule has 0 aliphatic heterocycles. The molecule has 0 heterocycles. The minimum absolute atomic E-state index is 0.179. The molecule has 0 aromatic rings. The van der Waals surface area contributed by atoms with Crippen LogP contribution >= 0.6 is 8.38 Å². The molecule has 0 fully saturated rings. The highest BCUT2D eigenvalue weighted by atomic mass is 31.2. The fourth-order valence-electron chi connectivity index (χ4n) is 0.930. The van der Waals surface area contributed by atoms with E-state index in [0.717, 1.165) is 0 Å². The normalized spacial score (nSPS) is 12.1. The van der Waals surface area contributed by atoms with Gasteiger partial charge in [-0.05, 0) is 6.42 Å². The van der Waals surface area contributed by atoms with Crippen LogP contribution in [0.4, 0.5) is 4.79 Å². The third-order valence-electron chi connectivity index (χ3n) is 1.72. The van der Waals surface area contributed by atoms with E-state index in [-0.39, 0.29) is 19.1 Å². The summed E-state index contributed by atoms with van der Waals surface area (Å²) in [4.78, 5) is 39.1. The Labute approximate surface area is 106 Å². The monoisotopic (exact) mass is 283 g/mol. The molecular formula is C9H18NO7P. The SMILES string of the molecule is CCCC(=O)OCOC(=O)NC[C@H](O)CP(O)O. The lowest BCUT2D eigenvalue weighted by Gasteiger charge is -2.12. The van der Waals surface area contributed by atoms with Crippen LogP contribution in [0.3, 0.4) is 0 Å². The number of rotatable bonds is 8. The van der Waals surface area contributed by atoms with E-state index in [0.29, 0.717) is 6.42 Å². The Morgan fingerprint density at radius 2 is 2.00 bits per heavy atom. The number of aliphatic hydroxyl groups excluding tert-OH is 1. The van der Waals surface area contributed by atoms with Crippen molar-refractivity contribution in [2.75, 3.05) is 19.5 Å². The molecular weight excluding hydrogens is 265 g/mol. The average molecular weight is 283 g/mol. The van der Waals surface area contributed by atoms with Crippen molar-refractivity contribution in [1.29, 1.82) is 0 Å². The van der Waals surface area contributed by atoms with Gasteiger partial charge in [-0.2, -0.15) is 0 Å². The van der Waals surface area contributed by atoms with Crippen molar-refractivity contribution in [3.63, 3.8) is 0 Å². The Morgan fingerprint density at radius 1 is 1.33 bits per heavy atom. The summed E-state index contributed by atoms with van der Waals surface area (Å²) in [5.74, 6) is -0.462. The van der Waals surface area contributed by atoms with Crippen molar-refractivity contribution >= 4 is 20.4 Å². The Balaban J connectivity index is 3.57. The van der Waals surface area contributed by atoms with E-state index < -0.39 is 33.3 Å². The molecule has 8 nitrogen and oxygen atoms in total. The highest BCUT2D eigenvalue weighted by Crippen LogP contribution is 2.23. The van der Waals surface area contributed by atoms with Gasteiger partial charge in [0, 0.05) is 19.1 Å². The van der Waals surface area contributed by atoms with E-state index in [1.165, 1.54) is 0 Å². The Bertz CT molecular complexity index is 261. The van der Waals surface area contributed by atoms with Gasteiger partial charge >= 0.3 is 12.1 Å². The van der Waals surface area contributed by atoms with Crippen LogP contribution in [0.1, 0.15) is 19.8 Å². The van der Waals surface area contributed by atoms with E-state index in [1.54, 1.807) is 0 Å². The minimum Gasteiger partial charge on any atom is -0.428 e. The van der Waals surface area contributed by atoms with Crippen molar-refractivity contribution in [2.24, 2.45) is 0 Å². The van der Waals surface area contributed by atoms with E-state index in [9.17, 15) is 14.7 Å². The van der Waals surface area contributed by atoms with Crippen molar-refractivity contribution < 1.29 is 34.0 Å². The highest BCUT2D eigenvalue weighted by molar-refractivity contribution is 7.45. The highest BCUT2D eigenvalue weighted by Gasteiger charge is 2.12. The number of aliphatic hydroxyl groups is 1. The summed E-state index contributed by atoms with van der Waals surface area (Å²) in [6.07, 6.45) is -1.26. The summed E-state index contributed by atoms with van der Waals surface area (Å²) >= 11 is 0. The van der Waals surface area contributed by atoms with Gasteiger partial charge in [0.25, 0.3) is 0 Å². The van der Waals surface area contributed by atoms with Crippen LogP contribution in [0.25, 0.3) is 0 Å². The number of alkyl carbamates (subject to hydrolysis) is 1. The summed E-state index contributed by atoms with van der Waals surface area (Å²) in [7, 11) is -2.21. The molecule has 0 bridgehead atoms. The zero-order chi connectivity index (χ0) is 14.0. The molecule has 0 spiro atoms. The van der Waals surface area contributed by atoms with Gasteiger partial charge < -0.3 is 29.7 Å². The van der Waals surface area contributed by atoms with Gasteiger partial charge in [0.15, 0.2) is 8.38 Å². The smallest absolute Gasteiger partial charge is 0.410 e. The number of hydrogen-bond donors (Lipinski definition) is 4. The summed E-state index contributed by atoms with van der Waals surface area (Å²) in [6.45, 7) is 1.14. The van der Waals surface area contributed by atoms with Crippen LogP contribution in [0.2, 0.25) is 0 Å². The Kier molecular flexibility index (Phi) is 9.49. The molecule has 4 N–H and O–H groups in total. The van der Waals surface area contributed by atoms with Gasteiger partial charge in [-0.15, -0.1) is 0 Å². The lowest BCUT2D eigenvalue weighted by Crippen LogP contribution is -2.34. The molecule has 0 saturated carbocycles. The van der Waals surface area contributed by atoms with E-state index in [1.807, 2.05) is 6.92 Å². The molecule has 18 heavy (non-hydrogen) atoms. The van der Waals surface area contributed by atoms with Gasteiger partial charge in [0.1, 0.15) is 0 Å². The Hall–Kier alpha value is -0.950. The van der Waals surface area contributed by atoms with Crippen LogP contribution in [0, 0.1) is 0 Å². The second-order valence-electron chi connectivity index (χ2n) is 3.41. The van der Waals surface area contributed by atoms with Crippen molar-refractivity contribution in [3.8, 4) is 0 Å². The number of carbonyl (C=O) groups is 2. The van der Waals surface area contributed by atoms with Gasteiger partial charge in [-0.1, -0.05) is 6.92 Å². The van der Waals surface area contributed by atoms with Gasteiger partial charge in [0.05, 0.1) is 6.10 Å². The van der Waals surface area contributed by atoms with E-state index in [4.69, 9.17) is 9.79 Å². The van der Waals surface area contributed by atoms with Gasteiger partial charge in [0.2, 0.25) is 6.79 Å². The molecule has 0 rings (SSSR count). The summed E-state index contributed by atoms with van der Waals surface area (Å²) in [5, 5.41) is 11.4. The largest absolute Gasteiger partial charge is 0.428 e. The lowest BCUT2D eigenvalue weighted by molar-refractivity contribution is -0.151. The van der Waals surface area contributed by atoms with E-state index in [2.05, 4.69) is 14.8 Å². The van der Waals surface area contributed by atoms with Crippen LogP contribution < -0.4 is 5.32 Å².